The maximum absolute atomic E-state index is 2.39. The van der Waals surface area contributed by atoms with Gasteiger partial charge in [0.25, 0.3) is 0 Å². The van der Waals surface area contributed by atoms with Crippen LogP contribution in [0.3, 0.4) is 0 Å². The fourth-order valence-corrected chi connectivity index (χ4v) is 8.06. The molecule has 2 nitrogen and oxygen atoms in total. The lowest BCUT2D eigenvalue weighted by molar-refractivity contribution is 1.18. The number of rotatable bonds is 7. The summed E-state index contributed by atoms with van der Waals surface area (Å²) < 4.78 is 2.39. The summed E-state index contributed by atoms with van der Waals surface area (Å²) in [6.07, 6.45) is 0. The molecule has 0 saturated heterocycles. The predicted octanol–water partition coefficient (Wildman–Crippen LogP) is 14.4. The van der Waals surface area contributed by atoms with E-state index in [-0.39, 0.29) is 0 Å². The van der Waals surface area contributed by atoms with Crippen LogP contribution in [0.1, 0.15) is 0 Å². The summed E-state index contributed by atoms with van der Waals surface area (Å²) in [5, 5.41) is 5.02. The predicted molar refractivity (Wildman–Crippen MR) is 229 cm³/mol. The number of anilines is 3. The van der Waals surface area contributed by atoms with E-state index < -0.39 is 0 Å². The van der Waals surface area contributed by atoms with E-state index in [1.165, 1.54) is 66.0 Å². The molecule has 54 heavy (non-hydrogen) atoms. The zero-order valence-corrected chi connectivity index (χ0v) is 29.7. The summed E-state index contributed by atoms with van der Waals surface area (Å²) in [5.41, 5.74) is 14.1. The molecule has 0 atom stereocenters. The highest BCUT2D eigenvalue weighted by molar-refractivity contribution is 6.16. The number of fused-ring (bicyclic) bond motifs is 4. The number of hydrogen-bond donors (Lipinski definition) is 0. The molecule has 0 fully saturated rings. The molecule has 0 aliphatic rings. The summed E-state index contributed by atoms with van der Waals surface area (Å²) in [5.74, 6) is 0. The van der Waals surface area contributed by atoms with Crippen molar-refractivity contribution in [3.8, 4) is 39.1 Å². The van der Waals surface area contributed by atoms with E-state index in [1.807, 2.05) is 0 Å². The number of hydrogen-bond acceptors (Lipinski definition) is 1. The van der Waals surface area contributed by atoms with E-state index in [1.54, 1.807) is 0 Å². The first-order valence-electron chi connectivity index (χ1n) is 18.5. The molecule has 0 bridgehead atoms. The van der Waals surface area contributed by atoms with Gasteiger partial charge in [-0.2, -0.15) is 0 Å². The van der Waals surface area contributed by atoms with Gasteiger partial charge in [-0.15, -0.1) is 0 Å². The summed E-state index contributed by atoms with van der Waals surface area (Å²) >= 11 is 0. The van der Waals surface area contributed by atoms with Crippen LogP contribution in [0.2, 0.25) is 0 Å². The monoisotopic (exact) mass is 688 g/mol. The Morgan fingerprint density at radius 2 is 0.926 bits per heavy atom. The lowest BCUT2D eigenvalue weighted by Gasteiger charge is -2.28. The molecule has 0 N–H and O–H groups in total. The van der Waals surface area contributed by atoms with Crippen LogP contribution in [0.15, 0.2) is 218 Å². The van der Waals surface area contributed by atoms with Crippen LogP contribution in [0.25, 0.3) is 71.6 Å². The molecule has 0 unspecified atom stereocenters. The van der Waals surface area contributed by atoms with Crippen molar-refractivity contribution >= 4 is 49.6 Å². The zero-order valence-electron chi connectivity index (χ0n) is 29.7. The van der Waals surface area contributed by atoms with Gasteiger partial charge in [-0.1, -0.05) is 152 Å². The molecule has 9 aromatic carbocycles. The van der Waals surface area contributed by atoms with Gasteiger partial charge in [0.1, 0.15) is 0 Å². The minimum absolute atomic E-state index is 1.10. The fourth-order valence-electron chi connectivity index (χ4n) is 8.06. The van der Waals surface area contributed by atoms with Crippen molar-refractivity contribution in [3.63, 3.8) is 0 Å². The van der Waals surface area contributed by atoms with Gasteiger partial charge in [-0.25, -0.2) is 0 Å². The Balaban J connectivity index is 1.09. The van der Waals surface area contributed by atoms with Gasteiger partial charge in [0.2, 0.25) is 0 Å². The van der Waals surface area contributed by atoms with Crippen molar-refractivity contribution in [3.05, 3.63) is 218 Å². The van der Waals surface area contributed by atoms with E-state index in [0.29, 0.717) is 0 Å². The Morgan fingerprint density at radius 1 is 0.333 bits per heavy atom. The highest BCUT2D eigenvalue weighted by Crippen LogP contribution is 2.43. The van der Waals surface area contributed by atoms with Crippen LogP contribution in [-0.2, 0) is 0 Å². The number of nitrogens with zero attached hydrogens (tertiary/aromatic N) is 2. The first-order chi connectivity index (χ1) is 26.8. The van der Waals surface area contributed by atoms with E-state index in [2.05, 4.69) is 228 Å². The molecular weight excluding hydrogens is 653 g/mol. The molecule has 0 spiro atoms. The second-order valence-electron chi connectivity index (χ2n) is 13.8. The Hall–Kier alpha value is -7.16. The Morgan fingerprint density at radius 3 is 1.76 bits per heavy atom. The quantitative estimate of drug-likeness (QED) is 0.162. The molecule has 0 aliphatic heterocycles. The van der Waals surface area contributed by atoms with E-state index in [9.17, 15) is 0 Å². The Labute approximate surface area is 315 Å². The van der Waals surface area contributed by atoms with Crippen LogP contribution in [-0.4, -0.2) is 4.57 Å². The molecule has 0 aliphatic carbocycles. The first kappa shape index (κ1) is 31.6. The number of aromatic nitrogens is 1. The first-order valence-corrected chi connectivity index (χ1v) is 18.5. The summed E-state index contributed by atoms with van der Waals surface area (Å²) in [7, 11) is 0. The number of para-hydroxylation sites is 4. The summed E-state index contributed by atoms with van der Waals surface area (Å²) in [6.45, 7) is 0. The van der Waals surface area contributed by atoms with Crippen LogP contribution < -0.4 is 4.90 Å². The highest BCUT2D eigenvalue weighted by Gasteiger charge is 2.19. The molecule has 10 aromatic rings. The van der Waals surface area contributed by atoms with Crippen LogP contribution in [0.4, 0.5) is 17.1 Å². The van der Waals surface area contributed by atoms with E-state index >= 15 is 0 Å². The lowest BCUT2D eigenvalue weighted by Crippen LogP contribution is -2.11. The Kier molecular flexibility index (Phi) is 7.85. The third kappa shape index (κ3) is 5.53. The van der Waals surface area contributed by atoms with Gasteiger partial charge in [0, 0.05) is 33.4 Å². The molecule has 254 valence electrons. The van der Waals surface area contributed by atoms with Crippen molar-refractivity contribution in [2.24, 2.45) is 0 Å². The fraction of sp³-hybridized carbons (Fsp3) is 0. The normalized spacial score (nSPS) is 11.3. The molecular formula is C52H36N2. The lowest BCUT2D eigenvalue weighted by atomic mass is 9.94. The third-order valence-corrected chi connectivity index (χ3v) is 10.6. The van der Waals surface area contributed by atoms with Crippen molar-refractivity contribution < 1.29 is 0 Å². The van der Waals surface area contributed by atoms with Crippen molar-refractivity contribution in [2.45, 2.75) is 0 Å². The largest absolute Gasteiger partial charge is 0.310 e. The average molecular weight is 689 g/mol. The summed E-state index contributed by atoms with van der Waals surface area (Å²) in [6, 6.07) is 78.8. The van der Waals surface area contributed by atoms with Crippen molar-refractivity contribution in [2.75, 3.05) is 4.90 Å². The number of benzene rings is 9. The molecule has 10 rings (SSSR count). The second kappa shape index (κ2) is 13.4. The topological polar surface area (TPSA) is 8.17 Å². The van der Waals surface area contributed by atoms with E-state index in [0.717, 1.165) is 22.7 Å². The van der Waals surface area contributed by atoms with Crippen molar-refractivity contribution in [1.82, 2.24) is 4.57 Å². The molecule has 2 heteroatoms. The maximum Gasteiger partial charge on any atom is 0.0547 e. The smallest absolute Gasteiger partial charge is 0.0547 e. The van der Waals surface area contributed by atoms with E-state index in [4.69, 9.17) is 0 Å². The van der Waals surface area contributed by atoms with Gasteiger partial charge in [0.05, 0.1) is 16.7 Å². The molecule has 0 amide bonds. The van der Waals surface area contributed by atoms with Crippen LogP contribution in [0, 0.1) is 0 Å². The van der Waals surface area contributed by atoms with Gasteiger partial charge in [-0.05, 0) is 105 Å². The summed E-state index contributed by atoms with van der Waals surface area (Å²) in [4.78, 5) is 2.38. The highest BCUT2D eigenvalue weighted by atomic mass is 15.1. The third-order valence-electron chi connectivity index (χ3n) is 10.6. The second-order valence-corrected chi connectivity index (χ2v) is 13.8. The molecule has 0 radical (unpaired) electrons. The maximum atomic E-state index is 2.39. The van der Waals surface area contributed by atoms with Gasteiger partial charge < -0.3 is 9.47 Å². The standard InChI is InChI=1S/C52H36N2/c1-3-19-43(20-4-1)53(45-33-31-38(32-34-45)40-30-29-37-15-7-8-16-39(37)35-40)49-26-11-9-23-46(49)41-17-13-18-42(36-41)47-25-14-28-51-52(47)48-24-10-12-27-50(48)54(51)44-21-5-2-6-22-44/h1-36H. The average Bonchev–Trinajstić information content (AvgIpc) is 3.59. The minimum atomic E-state index is 1.10. The van der Waals surface area contributed by atoms with Crippen LogP contribution >= 0.6 is 0 Å². The van der Waals surface area contributed by atoms with Gasteiger partial charge in [-0.3, -0.25) is 0 Å². The zero-order chi connectivity index (χ0) is 35.8. The van der Waals surface area contributed by atoms with Gasteiger partial charge in [0.15, 0.2) is 0 Å². The molecule has 0 saturated carbocycles. The molecule has 1 heterocycles. The van der Waals surface area contributed by atoms with Gasteiger partial charge >= 0.3 is 0 Å². The SMILES string of the molecule is c1ccc(N(c2ccc(-c3ccc4ccccc4c3)cc2)c2ccccc2-c2cccc(-c3cccc4c3c3ccccc3n4-c3ccccc3)c2)cc1. The van der Waals surface area contributed by atoms with Crippen LogP contribution in [0.5, 0.6) is 0 Å². The minimum Gasteiger partial charge on any atom is -0.310 e. The van der Waals surface area contributed by atoms with Crippen molar-refractivity contribution in [1.29, 1.82) is 0 Å². The molecule has 1 aromatic heterocycles. The Bertz CT molecular complexity index is 2920.